The van der Waals surface area contributed by atoms with Crippen molar-refractivity contribution in [1.82, 2.24) is 5.32 Å². The zero-order valence-corrected chi connectivity index (χ0v) is 37.7. The van der Waals surface area contributed by atoms with E-state index >= 15 is 0 Å². The summed E-state index contributed by atoms with van der Waals surface area (Å²) >= 11 is 0. The number of rotatable bonds is 32. The smallest absolute Gasteiger partial charge is 0.0637 e. The van der Waals surface area contributed by atoms with Gasteiger partial charge >= 0.3 is 0 Å². The summed E-state index contributed by atoms with van der Waals surface area (Å²) in [7, 11) is 0. The van der Waals surface area contributed by atoms with Crippen LogP contribution in [0.4, 0.5) is 0 Å². The Morgan fingerprint density at radius 1 is 0.607 bits per heavy atom. The normalized spacial score (nSPS) is 33.3. The van der Waals surface area contributed by atoms with Gasteiger partial charge in [-0.05, 0) is 157 Å². The third-order valence-electron chi connectivity index (χ3n) is 16.2. The van der Waals surface area contributed by atoms with E-state index in [1.165, 1.54) is 148 Å². The number of ether oxygens (including phenoxy) is 3. The second-order valence-electron chi connectivity index (χ2n) is 19.9. The molecule has 0 aliphatic heterocycles. The van der Waals surface area contributed by atoms with Gasteiger partial charge in [0, 0.05) is 25.2 Å². The second-order valence-corrected chi connectivity index (χ2v) is 19.9. The molecule has 0 aromatic carbocycles. The zero-order valence-electron chi connectivity index (χ0n) is 37.7. The van der Waals surface area contributed by atoms with E-state index in [0.29, 0.717) is 78.9 Å². The maximum absolute atomic E-state index is 7.07. The van der Waals surface area contributed by atoms with Crippen LogP contribution in [0.1, 0.15) is 195 Å². The Morgan fingerprint density at radius 3 is 1.80 bits per heavy atom. The highest BCUT2D eigenvalue weighted by Crippen LogP contribution is 2.69. The van der Waals surface area contributed by atoms with Crippen LogP contribution in [0.3, 0.4) is 0 Å². The minimum atomic E-state index is 0.179. The molecule has 7 nitrogen and oxygen atoms in total. The minimum Gasteiger partial charge on any atom is -0.378 e. The van der Waals surface area contributed by atoms with Crippen LogP contribution in [0.2, 0.25) is 0 Å². The highest BCUT2D eigenvalue weighted by molar-refractivity contribution is 5.15. The van der Waals surface area contributed by atoms with Crippen molar-refractivity contribution in [2.75, 3.05) is 52.5 Å². The van der Waals surface area contributed by atoms with Crippen molar-refractivity contribution in [2.24, 2.45) is 63.5 Å². The summed E-state index contributed by atoms with van der Waals surface area (Å²) in [6.07, 6.45) is 35.0. The van der Waals surface area contributed by atoms with Gasteiger partial charge < -0.3 is 36.7 Å². The lowest BCUT2D eigenvalue weighted by Crippen LogP contribution is -2.63. The molecule has 0 bridgehead atoms. The van der Waals surface area contributed by atoms with Crippen molar-refractivity contribution in [3.05, 3.63) is 0 Å². The molecule has 0 radical (unpaired) electrons. The number of nitrogens with one attached hydrogen (secondary N) is 1. The predicted molar refractivity (Wildman–Crippen MR) is 238 cm³/mol. The zero-order chi connectivity index (χ0) is 40.1. The van der Waals surface area contributed by atoms with Crippen LogP contribution in [-0.2, 0) is 14.2 Å². The van der Waals surface area contributed by atoms with E-state index in [-0.39, 0.29) is 5.41 Å². The molecule has 7 heteroatoms. The Kier molecular flexibility index (Phi) is 23.2. The second kappa shape index (κ2) is 26.8. The van der Waals surface area contributed by atoms with Gasteiger partial charge in [0.05, 0.1) is 18.3 Å². The van der Waals surface area contributed by atoms with E-state index in [9.17, 15) is 0 Å². The van der Waals surface area contributed by atoms with Gasteiger partial charge in [-0.15, -0.1) is 0 Å². The van der Waals surface area contributed by atoms with Crippen LogP contribution in [0, 0.1) is 46.3 Å². The van der Waals surface area contributed by atoms with Crippen molar-refractivity contribution >= 4 is 0 Å². The molecule has 0 spiro atoms. The summed E-state index contributed by atoms with van der Waals surface area (Å²) < 4.78 is 20.5. The van der Waals surface area contributed by atoms with E-state index in [2.05, 4.69) is 33.0 Å². The highest BCUT2D eigenvalue weighted by Gasteiger charge is 2.66. The summed E-state index contributed by atoms with van der Waals surface area (Å²) in [5.41, 5.74) is 18.3. The van der Waals surface area contributed by atoms with Crippen molar-refractivity contribution in [2.45, 2.75) is 213 Å². The summed E-state index contributed by atoms with van der Waals surface area (Å²) in [5.74, 6) is 3.91. The molecule has 7 N–H and O–H groups in total. The number of nitrogens with two attached hydrogens (primary N) is 3. The van der Waals surface area contributed by atoms with Crippen LogP contribution in [0.5, 0.6) is 0 Å². The molecule has 0 heterocycles. The number of unbranched alkanes of at least 4 members (excludes halogenated alkanes) is 13. The fraction of sp³-hybridized carbons (Fsp3) is 1.00. The van der Waals surface area contributed by atoms with Gasteiger partial charge in [0.25, 0.3) is 0 Å². The Labute approximate surface area is 347 Å². The maximum atomic E-state index is 7.07. The quantitative estimate of drug-likeness (QED) is 0.0501. The first-order chi connectivity index (χ1) is 27.3. The molecule has 330 valence electrons. The Hall–Kier alpha value is -0.280. The Balaban J connectivity index is 1.26. The van der Waals surface area contributed by atoms with Crippen molar-refractivity contribution in [1.29, 1.82) is 0 Å². The fourth-order valence-corrected chi connectivity index (χ4v) is 12.9. The summed E-state index contributed by atoms with van der Waals surface area (Å²) in [6.45, 7) is 17.0. The van der Waals surface area contributed by atoms with Gasteiger partial charge in [-0.25, -0.2) is 0 Å². The molecule has 6 unspecified atom stereocenters. The van der Waals surface area contributed by atoms with E-state index in [4.69, 9.17) is 31.4 Å². The first-order valence-corrected chi connectivity index (χ1v) is 25.0. The number of hydrogen-bond donors (Lipinski definition) is 4. The largest absolute Gasteiger partial charge is 0.378 e. The molecule has 56 heavy (non-hydrogen) atoms. The molecule has 11 atom stereocenters. The SMILES string of the molecule is CCCCCCCCCCCCCCCCNCCCC(C)C1CC[C@H]2C3[C@H](OCCCN)CC4C[C@H](OCCCN)CCC4(C)[C@H]3C[C@H](OCCCN)C12C. The van der Waals surface area contributed by atoms with Crippen LogP contribution in [0.25, 0.3) is 0 Å². The molecule has 4 fully saturated rings. The fourth-order valence-electron chi connectivity index (χ4n) is 12.9. The summed E-state index contributed by atoms with van der Waals surface area (Å²) in [5, 5.41) is 3.82. The van der Waals surface area contributed by atoms with Crippen molar-refractivity contribution in [3.8, 4) is 0 Å². The Morgan fingerprint density at radius 2 is 1.18 bits per heavy atom. The van der Waals surface area contributed by atoms with Gasteiger partial charge in [-0.3, -0.25) is 0 Å². The number of hydrogen-bond acceptors (Lipinski definition) is 7. The summed E-state index contributed by atoms with van der Waals surface area (Å²) in [6, 6.07) is 0. The molecule has 4 rings (SSSR count). The van der Waals surface area contributed by atoms with E-state index < -0.39 is 0 Å². The molecule has 0 aromatic rings. The van der Waals surface area contributed by atoms with Crippen LogP contribution < -0.4 is 22.5 Å². The first-order valence-electron chi connectivity index (χ1n) is 25.0. The third-order valence-corrected chi connectivity index (χ3v) is 16.2. The average molecular weight is 789 g/mol. The maximum Gasteiger partial charge on any atom is 0.0637 e. The molecule has 0 aromatic heterocycles. The molecule has 4 aliphatic rings. The van der Waals surface area contributed by atoms with Crippen molar-refractivity contribution in [3.63, 3.8) is 0 Å². The van der Waals surface area contributed by atoms with Crippen LogP contribution in [-0.4, -0.2) is 70.9 Å². The first kappa shape index (κ1) is 48.4. The van der Waals surface area contributed by atoms with Crippen LogP contribution >= 0.6 is 0 Å². The topological polar surface area (TPSA) is 118 Å². The van der Waals surface area contributed by atoms with Gasteiger partial charge in [-0.1, -0.05) is 111 Å². The highest BCUT2D eigenvalue weighted by atomic mass is 16.5. The number of fused-ring (bicyclic) bond motifs is 5. The average Bonchev–Trinajstić information content (AvgIpc) is 3.56. The van der Waals surface area contributed by atoms with Crippen LogP contribution in [0.15, 0.2) is 0 Å². The van der Waals surface area contributed by atoms with Gasteiger partial charge in [-0.2, -0.15) is 0 Å². The van der Waals surface area contributed by atoms with Gasteiger partial charge in [0.2, 0.25) is 0 Å². The Bertz CT molecular complexity index is 1000. The van der Waals surface area contributed by atoms with Gasteiger partial charge in [0.15, 0.2) is 0 Å². The predicted octanol–water partition coefficient (Wildman–Crippen LogP) is 10.6. The minimum absolute atomic E-state index is 0.179. The standard InChI is InChI=1S/C49H96N4O3/c1-5-6-7-8-9-10-11-12-13-14-15-16-17-18-31-53-32-19-23-39(2)42-24-25-43-47-44(38-46(49(42,43)4)56-35-22-30-52)48(3)27-26-41(54-33-20-28-50)36-40(48)37-45(47)55-34-21-29-51/h39-47,53H,5-38,50-52H2,1-4H3/t39?,40?,41-,42?,43+,44+,45-,46+,47?,48?,49?/m1/s1. The summed E-state index contributed by atoms with van der Waals surface area (Å²) in [4.78, 5) is 0. The lowest BCUT2D eigenvalue weighted by molar-refractivity contribution is -0.227. The molecular weight excluding hydrogens is 693 g/mol. The van der Waals surface area contributed by atoms with Crippen molar-refractivity contribution < 1.29 is 14.2 Å². The van der Waals surface area contributed by atoms with Gasteiger partial charge in [0.1, 0.15) is 0 Å². The molecule has 0 saturated heterocycles. The van der Waals surface area contributed by atoms with E-state index in [1.54, 1.807) is 0 Å². The molecule has 0 amide bonds. The lowest BCUT2D eigenvalue weighted by Gasteiger charge is -2.65. The third kappa shape index (κ3) is 13.9. The molecule has 4 saturated carbocycles. The van der Waals surface area contributed by atoms with E-state index in [0.717, 1.165) is 52.0 Å². The molecular formula is C49H96N4O3. The molecule has 4 aliphatic carbocycles. The monoisotopic (exact) mass is 789 g/mol. The lowest BCUT2D eigenvalue weighted by atomic mass is 9.43. The van der Waals surface area contributed by atoms with E-state index in [1.807, 2.05) is 0 Å².